The molecule has 174 valence electrons. The summed E-state index contributed by atoms with van der Waals surface area (Å²) in [7, 11) is 0. The molecule has 3 rings (SSSR count). The Morgan fingerprint density at radius 1 is 1.34 bits per heavy atom. The summed E-state index contributed by atoms with van der Waals surface area (Å²) in [5.74, 6) is 11.7. The number of piperidine rings is 1. The number of hydrazone groups is 1. The number of aromatic nitrogens is 3. The Balaban J connectivity index is 1.77. The van der Waals surface area contributed by atoms with E-state index in [0.29, 0.717) is 17.5 Å². The second-order valence-electron chi connectivity index (χ2n) is 8.43. The lowest BCUT2D eigenvalue weighted by Crippen LogP contribution is -2.40. The maximum atomic E-state index is 13.6. The van der Waals surface area contributed by atoms with Crippen molar-refractivity contribution in [1.82, 2.24) is 24.7 Å². The quantitative estimate of drug-likeness (QED) is 0.249. The van der Waals surface area contributed by atoms with Gasteiger partial charge in [-0.25, -0.2) is 15.2 Å². The molecule has 2 aromatic rings. The Bertz CT molecular complexity index is 964. The predicted octanol–water partition coefficient (Wildman–Crippen LogP) is 2.67. The van der Waals surface area contributed by atoms with Crippen LogP contribution in [-0.2, 0) is 0 Å². The first-order valence-electron chi connectivity index (χ1n) is 10.6. The predicted molar refractivity (Wildman–Crippen MR) is 126 cm³/mol. The number of rotatable bonds is 7. The molecule has 0 spiro atoms. The van der Waals surface area contributed by atoms with Gasteiger partial charge in [0.05, 0.1) is 24.3 Å². The largest absolute Gasteiger partial charge is 0.383 e. The van der Waals surface area contributed by atoms with Crippen molar-refractivity contribution in [3.8, 4) is 11.1 Å². The van der Waals surface area contributed by atoms with Crippen molar-refractivity contribution in [3.05, 3.63) is 41.6 Å². The van der Waals surface area contributed by atoms with Gasteiger partial charge < -0.3 is 16.5 Å². The molecule has 1 aliphatic rings. The molecule has 0 saturated carbocycles. The summed E-state index contributed by atoms with van der Waals surface area (Å²) < 4.78 is 15.6. The molecule has 1 fully saturated rings. The van der Waals surface area contributed by atoms with E-state index in [1.807, 2.05) is 10.9 Å². The van der Waals surface area contributed by atoms with Crippen LogP contribution in [0.5, 0.6) is 0 Å². The third kappa shape index (κ3) is 5.76. The Morgan fingerprint density at radius 2 is 2.06 bits per heavy atom. The summed E-state index contributed by atoms with van der Waals surface area (Å²) in [5.41, 5.74) is 8.88. The van der Waals surface area contributed by atoms with Gasteiger partial charge in [-0.2, -0.15) is 10.2 Å². The van der Waals surface area contributed by atoms with Crippen LogP contribution in [0.3, 0.4) is 0 Å². The highest BCUT2D eigenvalue weighted by Gasteiger charge is 2.22. The van der Waals surface area contributed by atoms with Crippen LogP contribution < -0.4 is 17.4 Å². The molecular formula is C21H31ClFN9. The minimum atomic E-state index is -0.640. The minimum Gasteiger partial charge on any atom is -0.383 e. The molecule has 0 atom stereocenters. The van der Waals surface area contributed by atoms with E-state index in [0.717, 1.165) is 54.1 Å². The van der Waals surface area contributed by atoms with E-state index in [1.54, 1.807) is 18.5 Å². The first-order valence-corrected chi connectivity index (χ1v) is 11.0. The van der Waals surface area contributed by atoms with Crippen LogP contribution in [-0.4, -0.2) is 56.7 Å². The van der Waals surface area contributed by atoms with Crippen LogP contribution in [0.2, 0.25) is 0 Å². The number of pyridine rings is 1. The molecule has 0 radical (unpaired) electrons. The van der Waals surface area contributed by atoms with E-state index in [1.165, 1.54) is 0 Å². The molecule has 0 aromatic carbocycles. The summed E-state index contributed by atoms with van der Waals surface area (Å²) in [6.45, 7) is 7.46. The minimum absolute atomic E-state index is 0.0930. The Hall–Kier alpha value is -2.69. The van der Waals surface area contributed by atoms with Crippen molar-refractivity contribution in [2.45, 2.75) is 32.7 Å². The van der Waals surface area contributed by atoms with E-state index in [9.17, 15) is 4.39 Å². The molecule has 0 bridgehead atoms. The van der Waals surface area contributed by atoms with Gasteiger partial charge in [0.2, 0.25) is 0 Å². The van der Waals surface area contributed by atoms with Gasteiger partial charge in [-0.15, -0.1) is 0 Å². The van der Waals surface area contributed by atoms with E-state index in [-0.39, 0.29) is 18.2 Å². The first-order chi connectivity index (χ1) is 15.3. The van der Waals surface area contributed by atoms with Crippen LogP contribution in [0, 0.1) is 5.92 Å². The number of amidine groups is 1. The van der Waals surface area contributed by atoms with Crippen molar-refractivity contribution >= 4 is 23.3 Å². The van der Waals surface area contributed by atoms with Crippen molar-refractivity contribution < 1.29 is 4.39 Å². The molecule has 0 amide bonds. The maximum absolute atomic E-state index is 13.6. The monoisotopic (exact) mass is 463 g/mol. The number of hydrazine groups is 1. The fourth-order valence-electron chi connectivity index (χ4n) is 3.95. The zero-order chi connectivity index (χ0) is 23.3. The highest BCUT2D eigenvalue weighted by molar-refractivity contribution is 6.25. The maximum Gasteiger partial charge on any atom is 0.173 e. The standard InChI is InChI=1S/C21H31ClFN9/c1-14(2)11-30-5-3-18(4-6-30)32-12-16(10-28-32)15-7-19(20(24)27-9-15)21(29-25)31(26)13-17(23)8-22/h7-10,12,14,18H,3-6,11,13,25-26H2,1-2H3,(H2,24,27)/b17-8-,29-21-. The average molecular weight is 464 g/mol. The number of hydrogen-bond acceptors (Lipinski definition) is 7. The molecule has 1 aliphatic heterocycles. The highest BCUT2D eigenvalue weighted by Crippen LogP contribution is 2.27. The lowest BCUT2D eigenvalue weighted by molar-refractivity contribution is 0.164. The number of nitrogen functional groups attached to an aromatic ring is 1. The van der Waals surface area contributed by atoms with E-state index >= 15 is 0 Å². The van der Waals surface area contributed by atoms with E-state index < -0.39 is 5.83 Å². The molecule has 9 nitrogen and oxygen atoms in total. The highest BCUT2D eigenvalue weighted by atomic mass is 35.5. The normalized spacial score (nSPS) is 16.7. The fourth-order valence-corrected chi connectivity index (χ4v) is 4.02. The average Bonchev–Trinajstić information content (AvgIpc) is 3.25. The molecule has 2 aromatic heterocycles. The number of nitrogens with zero attached hydrogens (tertiary/aromatic N) is 6. The number of likely N-dealkylation sites (tertiary alicyclic amines) is 1. The number of hydrogen-bond donors (Lipinski definition) is 3. The van der Waals surface area contributed by atoms with Crippen LogP contribution in [0.25, 0.3) is 11.1 Å². The van der Waals surface area contributed by atoms with Gasteiger partial charge in [0.15, 0.2) is 5.84 Å². The third-order valence-electron chi connectivity index (χ3n) is 5.48. The smallest absolute Gasteiger partial charge is 0.173 e. The number of nitrogens with two attached hydrogens (primary N) is 3. The van der Waals surface area contributed by atoms with E-state index in [2.05, 4.69) is 33.9 Å². The molecule has 11 heteroatoms. The van der Waals surface area contributed by atoms with Crippen molar-refractivity contribution in [3.63, 3.8) is 0 Å². The van der Waals surface area contributed by atoms with Gasteiger partial charge in [-0.1, -0.05) is 25.4 Å². The molecular weight excluding hydrogens is 433 g/mol. The lowest BCUT2D eigenvalue weighted by atomic mass is 10.0. The van der Waals surface area contributed by atoms with Crippen LogP contribution >= 0.6 is 11.6 Å². The van der Waals surface area contributed by atoms with E-state index in [4.69, 9.17) is 29.0 Å². The van der Waals surface area contributed by atoms with Crippen molar-refractivity contribution in [2.24, 2.45) is 22.7 Å². The number of halogens is 2. The van der Waals surface area contributed by atoms with Gasteiger partial charge >= 0.3 is 0 Å². The summed E-state index contributed by atoms with van der Waals surface area (Å²) in [5, 5.41) is 9.29. The molecule has 1 saturated heterocycles. The summed E-state index contributed by atoms with van der Waals surface area (Å²) in [6.07, 6.45) is 7.58. The SMILES string of the molecule is CC(C)CN1CCC(n2cc(-c3cnc(N)c(/C(=N/N)N(N)C/C(F)=C/Cl)c3)cn2)CC1. The Kier molecular flexibility index (Phi) is 8.05. The zero-order valence-electron chi connectivity index (χ0n) is 18.5. The fraction of sp³-hybridized carbons (Fsp3) is 0.476. The van der Waals surface area contributed by atoms with Crippen LogP contribution in [0.4, 0.5) is 10.2 Å². The molecule has 0 aliphatic carbocycles. The van der Waals surface area contributed by atoms with Crippen LogP contribution in [0.15, 0.2) is 41.1 Å². The molecule has 32 heavy (non-hydrogen) atoms. The lowest BCUT2D eigenvalue weighted by Gasteiger charge is -2.33. The second-order valence-corrected chi connectivity index (χ2v) is 8.65. The second kappa shape index (κ2) is 10.8. The first kappa shape index (κ1) is 24.0. The van der Waals surface area contributed by atoms with Gasteiger partial charge in [-0.05, 0) is 24.8 Å². The molecule has 6 N–H and O–H groups in total. The molecule has 3 heterocycles. The number of anilines is 1. The Morgan fingerprint density at radius 3 is 2.69 bits per heavy atom. The van der Waals surface area contributed by atoms with Crippen LogP contribution in [0.1, 0.15) is 38.3 Å². The molecule has 0 unspecified atom stereocenters. The van der Waals surface area contributed by atoms with Crippen molar-refractivity contribution in [2.75, 3.05) is 31.9 Å². The topological polar surface area (TPSA) is 128 Å². The van der Waals surface area contributed by atoms with Gasteiger partial charge in [0.1, 0.15) is 11.6 Å². The van der Waals surface area contributed by atoms with Gasteiger partial charge in [-0.3, -0.25) is 9.69 Å². The Labute approximate surface area is 192 Å². The van der Waals surface area contributed by atoms with Gasteiger partial charge in [0, 0.05) is 48.7 Å². The van der Waals surface area contributed by atoms with Crippen molar-refractivity contribution in [1.29, 1.82) is 0 Å². The summed E-state index contributed by atoms with van der Waals surface area (Å²) in [6, 6.07) is 2.13. The van der Waals surface area contributed by atoms with Gasteiger partial charge in [0.25, 0.3) is 0 Å². The third-order valence-corrected chi connectivity index (χ3v) is 5.72. The zero-order valence-corrected chi connectivity index (χ0v) is 19.2. The summed E-state index contributed by atoms with van der Waals surface area (Å²) in [4.78, 5) is 6.76. The summed E-state index contributed by atoms with van der Waals surface area (Å²) >= 11 is 5.38.